The van der Waals surface area contributed by atoms with E-state index in [1.165, 1.54) is 17.0 Å². The topological polar surface area (TPSA) is 63.2 Å². The number of benzene rings is 2. The molecule has 2 aromatic carbocycles. The molecule has 0 N–H and O–H groups in total. The number of halogens is 4. The predicted octanol–water partition coefficient (Wildman–Crippen LogP) is -0.702. The van der Waals surface area contributed by atoms with Crippen LogP contribution in [-0.2, 0) is 16.6 Å². The van der Waals surface area contributed by atoms with Crippen LogP contribution in [0.2, 0.25) is 0 Å². The second-order valence-electron chi connectivity index (χ2n) is 5.61. The molecule has 0 saturated carbocycles. The van der Waals surface area contributed by atoms with Crippen molar-refractivity contribution >= 4 is 51.2 Å². The Kier molecular flexibility index (Phi) is 14.2. The van der Waals surface area contributed by atoms with Gasteiger partial charge >= 0.3 is 59.1 Å². The van der Waals surface area contributed by atoms with E-state index in [1.54, 1.807) is 11.8 Å². The molecule has 28 heavy (non-hydrogen) atoms. The number of alkyl halides is 2. The van der Waals surface area contributed by atoms with Crippen molar-refractivity contribution < 1.29 is 82.2 Å². The summed E-state index contributed by atoms with van der Waals surface area (Å²) in [5.74, 6) is 0.939. The number of hydrogen-bond acceptors (Lipinski definition) is 4. The summed E-state index contributed by atoms with van der Waals surface area (Å²) < 4.78 is 39.1. The van der Waals surface area contributed by atoms with Gasteiger partial charge in [-0.1, -0.05) is 44.0 Å². The summed E-state index contributed by atoms with van der Waals surface area (Å²) in [5.41, 5.74) is -4.44. The third kappa shape index (κ3) is 8.71. The van der Waals surface area contributed by atoms with Crippen LogP contribution in [-0.4, -0.2) is 5.75 Å². The number of hydrogen-bond donors (Lipinski definition) is 0. The first-order valence-electron chi connectivity index (χ1n) is 7.68. The first kappa shape index (κ1) is 29.8. The maximum absolute atomic E-state index is 13.7. The van der Waals surface area contributed by atoms with E-state index in [4.69, 9.17) is 0 Å². The zero-order valence-electron chi connectivity index (χ0n) is 15.5. The Bertz CT molecular complexity index is 807. The van der Waals surface area contributed by atoms with Gasteiger partial charge in [-0.25, -0.2) is 0 Å². The summed E-state index contributed by atoms with van der Waals surface area (Å²) >= 11 is 8.08. The SMILES string of the molecule is O=P([O-])([O-])C(F)(F)c1ccc(CCCCSc2ccc(Br)cc2)cc1Br.[Na+].[Na+]. The molecule has 142 valence electrons. The third-order valence-corrected chi connectivity index (χ3v) is 6.86. The van der Waals surface area contributed by atoms with Crippen LogP contribution in [0.1, 0.15) is 24.0 Å². The fraction of sp³-hybridized carbons (Fsp3) is 0.294. The zero-order chi connectivity index (χ0) is 19.4. The minimum atomic E-state index is -6.06. The van der Waals surface area contributed by atoms with E-state index in [0.717, 1.165) is 34.7 Å². The molecule has 0 aliphatic rings. The summed E-state index contributed by atoms with van der Waals surface area (Å²) in [4.78, 5) is 22.7. The molecule has 0 spiro atoms. The molecule has 0 radical (unpaired) electrons. The van der Waals surface area contributed by atoms with Crippen LogP contribution in [0.3, 0.4) is 0 Å². The van der Waals surface area contributed by atoms with Gasteiger partial charge in [0.15, 0.2) is 0 Å². The Labute approximate surface area is 228 Å². The molecule has 2 aromatic rings. The van der Waals surface area contributed by atoms with E-state index < -0.39 is 18.8 Å². The van der Waals surface area contributed by atoms with Crippen molar-refractivity contribution in [1.29, 1.82) is 0 Å². The van der Waals surface area contributed by atoms with Gasteiger partial charge < -0.3 is 14.4 Å². The average molecular weight is 574 g/mol. The van der Waals surface area contributed by atoms with Gasteiger partial charge in [0.2, 0.25) is 0 Å². The minimum absolute atomic E-state index is 0. The van der Waals surface area contributed by atoms with Crippen molar-refractivity contribution in [2.75, 3.05) is 5.75 Å². The van der Waals surface area contributed by atoms with Gasteiger partial charge in [0.1, 0.15) is 0 Å². The van der Waals surface area contributed by atoms with Crippen LogP contribution in [0, 0.1) is 0 Å². The van der Waals surface area contributed by atoms with Gasteiger partial charge in [0.25, 0.3) is 5.66 Å². The van der Waals surface area contributed by atoms with Crippen molar-refractivity contribution in [2.24, 2.45) is 0 Å². The average Bonchev–Trinajstić information content (AvgIpc) is 2.55. The fourth-order valence-corrected chi connectivity index (χ4v) is 4.75. The molecule has 0 heterocycles. The van der Waals surface area contributed by atoms with Crippen LogP contribution in [0.25, 0.3) is 0 Å². The maximum Gasteiger partial charge on any atom is 1.00 e. The Hall–Kier alpha value is 1.76. The first-order valence-corrected chi connectivity index (χ1v) is 11.8. The second kappa shape index (κ2) is 13.3. The summed E-state index contributed by atoms with van der Waals surface area (Å²) in [6, 6.07) is 11.9. The molecule has 0 bridgehead atoms. The van der Waals surface area contributed by atoms with Crippen LogP contribution >= 0.6 is 51.2 Å². The Morgan fingerprint density at radius 1 is 1.00 bits per heavy atom. The molecule has 3 nitrogen and oxygen atoms in total. The van der Waals surface area contributed by atoms with Crippen molar-refractivity contribution in [1.82, 2.24) is 0 Å². The molecular weight excluding hydrogens is 559 g/mol. The molecule has 2 rings (SSSR count). The number of aryl methyl sites for hydroxylation is 1. The van der Waals surface area contributed by atoms with E-state index in [-0.39, 0.29) is 63.6 Å². The van der Waals surface area contributed by atoms with E-state index in [1.807, 2.05) is 24.3 Å². The monoisotopic (exact) mass is 572 g/mol. The van der Waals surface area contributed by atoms with Crippen LogP contribution in [0.4, 0.5) is 8.78 Å². The van der Waals surface area contributed by atoms with E-state index >= 15 is 0 Å². The fourth-order valence-electron chi connectivity index (χ4n) is 2.26. The van der Waals surface area contributed by atoms with Crippen molar-refractivity contribution in [2.45, 2.75) is 29.8 Å². The van der Waals surface area contributed by atoms with Gasteiger partial charge in [-0.2, -0.15) is 8.78 Å². The van der Waals surface area contributed by atoms with E-state index in [2.05, 4.69) is 31.9 Å². The Morgan fingerprint density at radius 2 is 1.61 bits per heavy atom. The predicted molar refractivity (Wildman–Crippen MR) is 103 cm³/mol. The Morgan fingerprint density at radius 3 is 2.14 bits per heavy atom. The van der Waals surface area contributed by atoms with Crippen molar-refractivity contribution in [3.63, 3.8) is 0 Å². The summed E-state index contributed by atoms with van der Waals surface area (Å²) in [5, 5.41) is 0. The van der Waals surface area contributed by atoms with Gasteiger partial charge in [0.05, 0.1) is 0 Å². The van der Waals surface area contributed by atoms with E-state index in [0.29, 0.717) is 6.42 Å². The largest absolute Gasteiger partial charge is 1.00 e. The quantitative estimate of drug-likeness (QED) is 0.181. The van der Waals surface area contributed by atoms with Crippen molar-refractivity contribution in [3.05, 3.63) is 62.5 Å². The Balaban J connectivity index is 0.00000364. The molecule has 0 amide bonds. The van der Waals surface area contributed by atoms with E-state index in [9.17, 15) is 23.1 Å². The number of thioether (sulfide) groups is 1. The van der Waals surface area contributed by atoms with Gasteiger partial charge in [-0.15, -0.1) is 11.8 Å². The molecular formula is C17H15Br2F2Na2O3PS. The van der Waals surface area contributed by atoms with Gasteiger partial charge in [-0.3, -0.25) is 0 Å². The third-order valence-electron chi connectivity index (χ3n) is 3.64. The molecule has 0 atom stereocenters. The summed E-state index contributed by atoms with van der Waals surface area (Å²) in [6.07, 6.45) is 2.50. The molecule has 0 aliphatic carbocycles. The number of unbranched alkanes of at least 4 members (excludes halogenated alkanes) is 1. The van der Waals surface area contributed by atoms with Crippen LogP contribution in [0.5, 0.6) is 0 Å². The maximum atomic E-state index is 13.7. The molecule has 0 fully saturated rings. The first-order chi connectivity index (χ1) is 12.1. The normalized spacial score (nSPS) is 11.5. The molecule has 0 unspecified atom stereocenters. The molecule has 0 aliphatic heterocycles. The van der Waals surface area contributed by atoms with Crippen molar-refractivity contribution in [3.8, 4) is 0 Å². The van der Waals surface area contributed by atoms with Gasteiger partial charge in [0, 0.05) is 27.0 Å². The standard InChI is InChI=1S/C17H17Br2F2O3PS.2Na/c18-13-5-7-14(8-6-13)26-10-2-1-3-12-4-9-15(16(19)11-12)17(20,21)25(22,23)24;;/h4-9,11H,1-3,10H2,(H2,22,23,24);;/q;2*+1/p-2. The molecule has 0 aromatic heterocycles. The number of rotatable bonds is 8. The summed E-state index contributed by atoms with van der Waals surface area (Å²) in [6.45, 7) is 0. The minimum Gasteiger partial charge on any atom is -0.806 e. The smallest absolute Gasteiger partial charge is 0.806 e. The van der Waals surface area contributed by atoms with Crippen LogP contribution in [0.15, 0.2) is 56.3 Å². The zero-order valence-corrected chi connectivity index (χ0v) is 24.3. The molecule has 11 heteroatoms. The van der Waals surface area contributed by atoms with Crippen LogP contribution < -0.4 is 68.9 Å². The summed E-state index contributed by atoms with van der Waals surface area (Å²) in [7, 11) is -6.06. The second-order valence-corrected chi connectivity index (χ2v) is 10.1. The molecule has 0 saturated heterocycles. The van der Waals surface area contributed by atoms with Gasteiger partial charge in [-0.05, 0) is 60.9 Å².